The van der Waals surface area contributed by atoms with E-state index in [2.05, 4.69) is 34.7 Å². The molecule has 0 bridgehead atoms. The van der Waals surface area contributed by atoms with Crippen molar-refractivity contribution >= 4 is 11.9 Å². The molecule has 1 heterocycles. The fourth-order valence-corrected chi connectivity index (χ4v) is 1.77. The summed E-state index contributed by atoms with van der Waals surface area (Å²) in [5.41, 5.74) is 0. The Bertz CT molecular complexity index is 431. The summed E-state index contributed by atoms with van der Waals surface area (Å²) in [6.45, 7) is 12.4. The van der Waals surface area contributed by atoms with Crippen molar-refractivity contribution < 1.29 is 9.21 Å². The van der Waals surface area contributed by atoms with Crippen LogP contribution < -0.4 is 15.5 Å². The number of carbonyl (C=O) groups excluding carboxylic acids is 1. The molecule has 0 fully saturated rings. The molecular weight excluding hydrogens is 270 g/mol. The lowest BCUT2D eigenvalue weighted by Gasteiger charge is -2.18. The van der Waals surface area contributed by atoms with E-state index in [9.17, 15) is 4.79 Å². The van der Waals surface area contributed by atoms with Gasteiger partial charge in [-0.2, -0.15) is 0 Å². The molecule has 0 atom stereocenters. The second-order valence-corrected chi connectivity index (χ2v) is 5.74. The highest BCUT2D eigenvalue weighted by Gasteiger charge is 2.16. The molecule has 2 N–H and O–H groups in total. The lowest BCUT2D eigenvalue weighted by molar-refractivity contribution is -0.120. The van der Waals surface area contributed by atoms with Crippen molar-refractivity contribution in [3.8, 4) is 0 Å². The molecule has 1 aromatic rings. The predicted octanol–water partition coefficient (Wildman–Crippen LogP) is 1.17. The van der Waals surface area contributed by atoms with Gasteiger partial charge in [0.05, 0.1) is 6.54 Å². The normalized spacial score (nSPS) is 11.2. The number of carbonyl (C=O) groups is 1. The van der Waals surface area contributed by atoms with Gasteiger partial charge in [-0.15, -0.1) is 5.10 Å². The zero-order valence-corrected chi connectivity index (χ0v) is 13.6. The van der Waals surface area contributed by atoms with E-state index in [0.717, 1.165) is 6.54 Å². The Morgan fingerprint density at radius 1 is 1.29 bits per heavy atom. The first-order chi connectivity index (χ1) is 9.92. The largest absolute Gasteiger partial charge is 0.407 e. The number of nitrogens with zero attached hydrogens (tertiary/aromatic N) is 3. The average Bonchev–Trinajstić information content (AvgIpc) is 2.83. The molecule has 7 heteroatoms. The summed E-state index contributed by atoms with van der Waals surface area (Å²) in [6, 6.07) is 0.507. The molecule has 0 saturated heterocycles. The molecule has 1 amide bonds. The lowest BCUT2D eigenvalue weighted by Crippen LogP contribution is -2.40. The van der Waals surface area contributed by atoms with E-state index >= 15 is 0 Å². The van der Waals surface area contributed by atoms with Crippen LogP contribution in [0.15, 0.2) is 4.42 Å². The molecule has 0 aliphatic carbocycles. The van der Waals surface area contributed by atoms with Gasteiger partial charge in [-0.3, -0.25) is 4.79 Å². The second kappa shape index (κ2) is 8.61. The van der Waals surface area contributed by atoms with Crippen LogP contribution in [0.4, 0.5) is 6.01 Å². The van der Waals surface area contributed by atoms with Crippen LogP contribution in [-0.2, 0) is 11.3 Å². The summed E-state index contributed by atoms with van der Waals surface area (Å²) >= 11 is 0. The number of rotatable bonds is 9. The van der Waals surface area contributed by atoms with Crippen LogP contribution in [-0.4, -0.2) is 41.8 Å². The smallest absolute Gasteiger partial charge is 0.318 e. The third kappa shape index (κ3) is 6.57. The summed E-state index contributed by atoms with van der Waals surface area (Å²) in [5, 5.41) is 14.1. The fourth-order valence-electron chi connectivity index (χ4n) is 1.77. The van der Waals surface area contributed by atoms with Crippen LogP contribution in [0.2, 0.25) is 0 Å². The number of amides is 1. The first-order valence-corrected chi connectivity index (χ1v) is 7.49. The monoisotopic (exact) mass is 297 g/mol. The van der Waals surface area contributed by atoms with Gasteiger partial charge in [-0.25, -0.2) is 0 Å². The third-order valence-corrected chi connectivity index (χ3v) is 2.72. The molecule has 0 spiro atoms. The standard InChI is InChI=1S/C14H27N5O2/c1-6-19(9-12(20)16-11(4)5)14-18-17-13(21-14)8-15-7-10(2)3/h10-11,15H,6-9H2,1-5H3,(H,16,20). The molecule has 0 aliphatic heterocycles. The average molecular weight is 297 g/mol. The topological polar surface area (TPSA) is 83.3 Å². The van der Waals surface area contributed by atoms with E-state index in [4.69, 9.17) is 4.42 Å². The molecule has 0 unspecified atom stereocenters. The van der Waals surface area contributed by atoms with Gasteiger partial charge in [-0.1, -0.05) is 18.9 Å². The van der Waals surface area contributed by atoms with Crippen molar-refractivity contribution in [2.45, 2.75) is 47.2 Å². The van der Waals surface area contributed by atoms with Crippen LogP contribution in [0.1, 0.15) is 40.5 Å². The minimum absolute atomic E-state index is 0.0514. The fraction of sp³-hybridized carbons (Fsp3) is 0.786. The van der Waals surface area contributed by atoms with Gasteiger partial charge in [0.25, 0.3) is 0 Å². The molecule has 120 valence electrons. The molecule has 7 nitrogen and oxygen atoms in total. The molecule has 1 aromatic heterocycles. The Balaban J connectivity index is 2.53. The maximum absolute atomic E-state index is 11.8. The highest BCUT2D eigenvalue weighted by atomic mass is 16.4. The maximum atomic E-state index is 11.8. The molecule has 21 heavy (non-hydrogen) atoms. The van der Waals surface area contributed by atoms with Crippen molar-refractivity contribution in [2.75, 3.05) is 24.5 Å². The van der Waals surface area contributed by atoms with Crippen LogP contribution in [0.25, 0.3) is 0 Å². The number of nitrogens with one attached hydrogen (secondary N) is 2. The second-order valence-electron chi connectivity index (χ2n) is 5.74. The Morgan fingerprint density at radius 2 is 2.00 bits per heavy atom. The summed E-state index contributed by atoms with van der Waals surface area (Å²) in [6.07, 6.45) is 0. The van der Waals surface area contributed by atoms with Gasteiger partial charge in [-0.05, 0) is 33.2 Å². The highest BCUT2D eigenvalue weighted by Crippen LogP contribution is 2.11. The molecule has 0 aliphatic rings. The van der Waals surface area contributed by atoms with Crippen molar-refractivity contribution in [3.05, 3.63) is 5.89 Å². The van der Waals surface area contributed by atoms with E-state index in [1.807, 2.05) is 20.8 Å². The highest BCUT2D eigenvalue weighted by molar-refractivity contribution is 5.80. The summed E-state index contributed by atoms with van der Waals surface area (Å²) < 4.78 is 5.59. The first kappa shape index (κ1) is 17.4. The number of anilines is 1. The summed E-state index contributed by atoms with van der Waals surface area (Å²) in [4.78, 5) is 13.6. The van der Waals surface area contributed by atoms with Gasteiger partial charge in [0.15, 0.2) is 0 Å². The Kier molecular flexibility index (Phi) is 7.14. The van der Waals surface area contributed by atoms with Crippen molar-refractivity contribution in [1.29, 1.82) is 0 Å². The minimum atomic E-state index is -0.0514. The predicted molar refractivity (Wildman–Crippen MR) is 82.0 cm³/mol. The van der Waals surface area contributed by atoms with E-state index < -0.39 is 0 Å². The molecule has 1 rings (SSSR count). The first-order valence-electron chi connectivity index (χ1n) is 7.49. The summed E-state index contributed by atoms with van der Waals surface area (Å²) in [5.74, 6) is 1.05. The quantitative estimate of drug-likeness (QED) is 0.712. The number of hydrogen-bond acceptors (Lipinski definition) is 6. The van der Waals surface area contributed by atoms with Crippen molar-refractivity contribution in [1.82, 2.24) is 20.8 Å². The number of likely N-dealkylation sites (N-methyl/N-ethyl adjacent to an activating group) is 1. The van der Waals surface area contributed by atoms with Gasteiger partial charge >= 0.3 is 6.01 Å². The molecule has 0 saturated carbocycles. The molecule has 0 radical (unpaired) electrons. The van der Waals surface area contributed by atoms with Crippen molar-refractivity contribution in [3.63, 3.8) is 0 Å². The van der Waals surface area contributed by atoms with E-state index in [1.54, 1.807) is 4.90 Å². The van der Waals surface area contributed by atoms with E-state index in [-0.39, 0.29) is 18.5 Å². The maximum Gasteiger partial charge on any atom is 0.318 e. The van der Waals surface area contributed by atoms with E-state index in [0.29, 0.717) is 30.9 Å². The number of aromatic nitrogens is 2. The minimum Gasteiger partial charge on any atom is -0.407 e. The Morgan fingerprint density at radius 3 is 2.57 bits per heavy atom. The Hall–Kier alpha value is -1.63. The molecular formula is C14H27N5O2. The van der Waals surface area contributed by atoms with Gasteiger partial charge in [0.2, 0.25) is 11.8 Å². The molecule has 0 aromatic carbocycles. The lowest BCUT2D eigenvalue weighted by atomic mass is 10.2. The zero-order valence-electron chi connectivity index (χ0n) is 13.6. The van der Waals surface area contributed by atoms with Gasteiger partial charge in [0, 0.05) is 12.6 Å². The zero-order chi connectivity index (χ0) is 15.8. The van der Waals surface area contributed by atoms with Crippen molar-refractivity contribution in [2.24, 2.45) is 5.92 Å². The third-order valence-electron chi connectivity index (χ3n) is 2.72. The Labute approximate surface area is 126 Å². The van der Waals surface area contributed by atoms with Crippen LogP contribution in [0.5, 0.6) is 0 Å². The number of hydrogen-bond donors (Lipinski definition) is 2. The van der Waals surface area contributed by atoms with Gasteiger partial charge in [0.1, 0.15) is 6.54 Å². The van der Waals surface area contributed by atoms with Crippen LogP contribution in [0.3, 0.4) is 0 Å². The van der Waals surface area contributed by atoms with Gasteiger partial charge < -0.3 is 20.0 Å². The van der Waals surface area contributed by atoms with Crippen LogP contribution in [0, 0.1) is 5.92 Å². The van der Waals surface area contributed by atoms with E-state index in [1.165, 1.54) is 0 Å². The van der Waals surface area contributed by atoms with Crippen LogP contribution >= 0.6 is 0 Å². The SMILES string of the molecule is CCN(CC(=O)NC(C)C)c1nnc(CNCC(C)C)o1. The summed E-state index contributed by atoms with van der Waals surface area (Å²) in [7, 11) is 0.